The second-order valence-corrected chi connectivity index (χ2v) is 8.07. The number of Topliss-reactive ketones (excluding diaryl/α,β-unsaturated/α-hetero) is 1. The van der Waals surface area contributed by atoms with E-state index in [1.807, 2.05) is 43.3 Å². The molecule has 0 saturated heterocycles. The minimum absolute atomic E-state index is 0.113. The van der Waals surface area contributed by atoms with Gasteiger partial charge in [-0.2, -0.15) is 4.68 Å². The van der Waals surface area contributed by atoms with Crippen LogP contribution < -0.4 is 5.01 Å². The van der Waals surface area contributed by atoms with Gasteiger partial charge in [0, 0.05) is 29.3 Å². The number of benzene rings is 2. The molecule has 1 aliphatic rings. The van der Waals surface area contributed by atoms with E-state index in [4.69, 9.17) is 11.6 Å². The maximum atomic E-state index is 12.8. The number of aryl methyl sites for hydroxylation is 1. The Bertz CT molecular complexity index is 1150. The number of halogens is 1. The van der Waals surface area contributed by atoms with Crippen molar-refractivity contribution in [3.8, 4) is 0 Å². The normalized spacial score (nSPS) is 13.4. The third kappa shape index (κ3) is 3.47. The number of fused-ring (bicyclic) bond motifs is 1. The summed E-state index contributed by atoms with van der Waals surface area (Å²) in [6.45, 7) is 4.87. The van der Waals surface area contributed by atoms with Gasteiger partial charge in [-0.25, -0.2) is 5.01 Å². The molecule has 0 bridgehead atoms. The smallest absolute Gasteiger partial charge is 0.243 e. The molecular weight excluding hydrogens is 408 g/mol. The van der Waals surface area contributed by atoms with Crippen molar-refractivity contribution in [3.05, 3.63) is 76.1 Å². The molecule has 0 saturated carbocycles. The van der Waals surface area contributed by atoms with Crippen molar-refractivity contribution >= 4 is 45.7 Å². The molecule has 0 fully saturated rings. The van der Waals surface area contributed by atoms with Gasteiger partial charge < -0.3 is 0 Å². The number of nitrogens with zero attached hydrogens (tertiary/aromatic N) is 4. The molecule has 2 aromatic carbocycles. The van der Waals surface area contributed by atoms with Crippen LogP contribution in [-0.2, 0) is 4.79 Å². The van der Waals surface area contributed by atoms with E-state index >= 15 is 0 Å². The van der Waals surface area contributed by atoms with Crippen molar-refractivity contribution in [2.75, 3.05) is 5.01 Å². The standard InChI is InChI=1S/C21H17ClN4O2S/c1-12-4-6-15(7-5-12)18-19(16-8-10-17(22)11-9-16)29-21-24-23-20(13(2)27)26(21)25(18)14(3)28/h4-11H,1-3H3. The van der Waals surface area contributed by atoms with Gasteiger partial charge in [0.25, 0.3) is 0 Å². The molecule has 3 aromatic rings. The van der Waals surface area contributed by atoms with Crippen LogP contribution in [0.3, 0.4) is 0 Å². The molecule has 1 aliphatic heterocycles. The first-order valence-corrected chi connectivity index (χ1v) is 10.1. The fourth-order valence-corrected chi connectivity index (χ4v) is 4.32. The highest BCUT2D eigenvalue weighted by Crippen LogP contribution is 2.45. The Balaban J connectivity index is 2.02. The summed E-state index contributed by atoms with van der Waals surface area (Å²) in [6.07, 6.45) is 0. The number of amides is 1. The Morgan fingerprint density at radius 3 is 2.14 bits per heavy atom. The van der Waals surface area contributed by atoms with E-state index in [-0.39, 0.29) is 17.5 Å². The van der Waals surface area contributed by atoms with Crippen LogP contribution in [0.1, 0.15) is 41.2 Å². The fraction of sp³-hybridized carbons (Fsp3) is 0.143. The summed E-state index contributed by atoms with van der Waals surface area (Å²) in [5.74, 6) is -0.410. The molecule has 4 rings (SSSR count). The number of hydrogen-bond donors (Lipinski definition) is 0. The van der Waals surface area contributed by atoms with Crippen LogP contribution in [0, 0.1) is 6.92 Å². The molecule has 0 N–H and O–H groups in total. The highest BCUT2D eigenvalue weighted by Gasteiger charge is 2.34. The van der Waals surface area contributed by atoms with Gasteiger partial charge in [0.1, 0.15) is 0 Å². The van der Waals surface area contributed by atoms with Gasteiger partial charge in [-0.3, -0.25) is 9.59 Å². The molecule has 8 heteroatoms. The van der Waals surface area contributed by atoms with Crippen molar-refractivity contribution in [1.29, 1.82) is 0 Å². The minimum atomic E-state index is -0.270. The average Bonchev–Trinajstić information content (AvgIpc) is 3.11. The minimum Gasteiger partial charge on any atom is -0.291 e. The molecule has 6 nitrogen and oxygen atoms in total. The van der Waals surface area contributed by atoms with Crippen molar-refractivity contribution in [1.82, 2.24) is 14.9 Å². The lowest BCUT2D eigenvalue weighted by molar-refractivity contribution is -0.117. The first-order valence-electron chi connectivity index (χ1n) is 8.89. The third-order valence-electron chi connectivity index (χ3n) is 4.48. The molecule has 0 atom stereocenters. The van der Waals surface area contributed by atoms with Gasteiger partial charge in [-0.05, 0) is 36.4 Å². The number of carbonyl (C=O) groups excluding carboxylic acids is 2. The summed E-state index contributed by atoms with van der Waals surface area (Å²) in [6, 6.07) is 15.3. The summed E-state index contributed by atoms with van der Waals surface area (Å²) in [5, 5.41) is 10.7. The largest absolute Gasteiger partial charge is 0.291 e. The molecule has 0 radical (unpaired) electrons. The third-order valence-corrected chi connectivity index (χ3v) is 5.80. The van der Waals surface area contributed by atoms with E-state index < -0.39 is 0 Å². The Morgan fingerprint density at radius 1 is 0.931 bits per heavy atom. The highest BCUT2D eigenvalue weighted by atomic mass is 35.5. The summed E-state index contributed by atoms with van der Waals surface area (Å²) in [5.41, 5.74) is 3.51. The van der Waals surface area contributed by atoms with Gasteiger partial charge >= 0.3 is 0 Å². The van der Waals surface area contributed by atoms with E-state index in [9.17, 15) is 9.59 Å². The zero-order valence-corrected chi connectivity index (χ0v) is 17.6. The van der Waals surface area contributed by atoms with E-state index in [2.05, 4.69) is 10.2 Å². The zero-order chi connectivity index (χ0) is 20.7. The SMILES string of the molecule is CC(=O)c1nnc2n1N(C(C)=O)C(c1ccc(C)cc1)=C(c1ccc(Cl)cc1)S2. The van der Waals surface area contributed by atoms with Gasteiger partial charge in [0.05, 0.1) is 5.70 Å². The van der Waals surface area contributed by atoms with E-state index in [0.717, 1.165) is 21.6 Å². The number of thioether (sulfide) groups is 1. The molecule has 1 amide bonds. The fourth-order valence-electron chi connectivity index (χ4n) is 3.12. The Morgan fingerprint density at radius 2 is 1.55 bits per heavy atom. The zero-order valence-electron chi connectivity index (χ0n) is 16.0. The number of hydrogen-bond acceptors (Lipinski definition) is 5. The average molecular weight is 425 g/mol. The van der Waals surface area contributed by atoms with Crippen molar-refractivity contribution < 1.29 is 9.59 Å². The summed E-state index contributed by atoms with van der Waals surface area (Å²) in [4.78, 5) is 25.7. The lowest BCUT2D eigenvalue weighted by Crippen LogP contribution is -2.41. The monoisotopic (exact) mass is 424 g/mol. The summed E-state index contributed by atoms with van der Waals surface area (Å²) in [7, 11) is 0. The molecule has 0 unspecified atom stereocenters. The molecule has 0 aliphatic carbocycles. The van der Waals surface area contributed by atoms with Crippen LogP contribution in [-0.4, -0.2) is 26.6 Å². The number of ketones is 1. The Labute approximate surface area is 177 Å². The molecule has 146 valence electrons. The van der Waals surface area contributed by atoms with Gasteiger partial charge in [0.15, 0.2) is 5.78 Å². The van der Waals surface area contributed by atoms with Crippen LogP contribution in [0.5, 0.6) is 0 Å². The van der Waals surface area contributed by atoms with E-state index in [1.165, 1.54) is 35.3 Å². The Hall–Kier alpha value is -2.90. The van der Waals surface area contributed by atoms with Crippen LogP contribution >= 0.6 is 23.4 Å². The van der Waals surface area contributed by atoms with Crippen molar-refractivity contribution in [2.24, 2.45) is 0 Å². The molecule has 1 aromatic heterocycles. The lowest BCUT2D eigenvalue weighted by atomic mass is 10.1. The predicted octanol–water partition coefficient (Wildman–Crippen LogP) is 4.56. The number of carbonyl (C=O) groups is 2. The molecule has 29 heavy (non-hydrogen) atoms. The first-order chi connectivity index (χ1) is 13.9. The topological polar surface area (TPSA) is 68.1 Å². The van der Waals surface area contributed by atoms with Gasteiger partial charge in [-0.15, -0.1) is 10.2 Å². The van der Waals surface area contributed by atoms with Gasteiger partial charge in [0.2, 0.25) is 16.9 Å². The quantitative estimate of drug-likeness (QED) is 0.576. The van der Waals surface area contributed by atoms with E-state index in [0.29, 0.717) is 15.9 Å². The lowest BCUT2D eigenvalue weighted by Gasteiger charge is -2.32. The van der Waals surface area contributed by atoms with Crippen LogP contribution in [0.4, 0.5) is 0 Å². The second-order valence-electron chi connectivity index (χ2n) is 6.66. The molecular formula is C21H17ClN4O2S. The highest BCUT2D eigenvalue weighted by molar-refractivity contribution is 8.08. The van der Waals surface area contributed by atoms with Crippen LogP contribution in [0.15, 0.2) is 53.7 Å². The maximum absolute atomic E-state index is 12.8. The van der Waals surface area contributed by atoms with Crippen molar-refractivity contribution in [2.45, 2.75) is 25.9 Å². The summed E-state index contributed by atoms with van der Waals surface area (Å²) >= 11 is 7.43. The maximum Gasteiger partial charge on any atom is 0.243 e. The summed E-state index contributed by atoms with van der Waals surface area (Å²) < 4.78 is 1.49. The predicted molar refractivity (Wildman–Crippen MR) is 114 cm³/mol. The van der Waals surface area contributed by atoms with Gasteiger partial charge in [-0.1, -0.05) is 53.6 Å². The number of aromatic nitrogens is 3. The first kappa shape index (κ1) is 19.4. The molecule has 2 heterocycles. The van der Waals surface area contributed by atoms with Crippen LogP contribution in [0.25, 0.3) is 10.6 Å². The number of rotatable bonds is 3. The Kier molecular flexibility index (Phi) is 5.02. The molecule has 0 spiro atoms. The second kappa shape index (κ2) is 7.50. The van der Waals surface area contributed by atoms with Crippen molar-refractivity contribution in [3.63, 3.8) is 0 Å². The van der Waals surface area contributed by atoms with Crippen LogP contribution in [0.2, 0.25) is 5.02 Å². The van der Waals surface area contributed by atoms with E-state index in [1.54, 1.807) is 12.1 Å².